The molecule has 0 radical (unpaired) electrons. The number of rotatable bonds is 1. The van der Waals surface area contributed by atoms with Crippen LogP contribution in [-0.2, 0) is 11.3 Å². The Morgan fingerprint density at radius 2 is 2.12 bits per heavy atom. The minimum Gasteiger partial charge on any atom is -0.344 e. The summed E-state index contributed by atoms with van der Waals surface area (Å²) in [5.74, 6) is 0.781. The number of carbonyl (C=O) groups excluding carboxylic acids is 1. The van der Waals surface area contributed by atoms with Crippen molar-refractivity contribution in [3.63, 3.8) is 0 Å². The Morgan fingerprint density at radius 1 is 1.25 bits per heavy atom. The second-order valence-corrected chi connectivity index (χ2v) is 4.76. The van der Waals surface area contributed by atoms with Crippen molar-refractivity contribution in [2.75, 3.05) is 13.1 Å². The van der Waals surface area contributed by atoms with Crippen LogP contribution in [0.25, 0.3) is 0 Å². The average molecular weight is 218 g/mol. The summed E-state index contributed by atoms with van der Waals surface area (Å²) in [6.45, 7) is 2.31. The van der Waals surface area contributed by atoms with Gasteiger partial charge in [0.15, 0.2) is 0 Å². The first-order chi connectivity index (χ1) is 7.78. The molecular formula is C12H14N2O2. The van der Waals surface area contributed by atoms with Crippen molar-refractivity contribution in [1.82, 2.24) is 9.47 Å². The topological polar surface area (TPSA) is 42.3 Å². The third-order valence-electron chi connectivity index (χ3n) is 3.66. The van der Waals surface area contributed by atoms with Crippen molar-refractivity contribution < 1.29 is 4.79 Å². The van der Waals surface area contributed by atoms with E-state index in [-0.39, 0.29) is 5.56 Å². The van der Waals surface area contributed by atoms with Crippen molar-refractivity contribution >= 4 is 6.41 Å². The molecule has 2 aliphatic heterocycles. The summed E-state index contributed by atoms with van der Waals surface area (Å²) in [6.07, 6.45) is 2.03. The normalized spacial score (nSPS) is 27.4. The fourth-order valence-corrected chi connectivity index (χ4v) is 3.02. The van der Waals surface area contributed by atoms with E-state index in [1.807, 2.05) is 21.6 Å². The predicted octanol–water partition coefficient (Wildman–Crippen LogP) is 0.424. The molecule has 2 aliphatic rings. The van der Waals surface area contributed by atoms with Crippen LogP contribution in [0.2, 0.25) is 0 Å². The molecule has 1 saturated heterocycles. The maximum Gasteiger partial charge on any atom is 0.250 e. The van der Waals surface area contributed by atoms with E-state index in [9.17, 15) is 9.59 Å². The van der Waals surface area contributed by atoms with Crippen molar-refractivity contribution in [2.24, 2.45) is 5.92 Å². The van der Waals surface area contributed by atoms with Gasteiger partial charge in [0.05, 0.1) is 0 Å². The number of piperidine rings is 1. The van der Waals surface area contributed by atoms with E-state index in [1.165, 1.54) is 0 Å². The number of nitrogens with zero attached hydrogens (tertiary/aromatic N) is 2. The Balaban J connectivity index is 2.05. The second kappa shape index (κ2) is 3.47. The van der Waals surface area contributed by atoms with Crippen LogP contribution in [0.15, 0.2) is 23.0 Å². The molecule has 1 fully saturated rings. The van der Waals surface area contributed by atoms with Gasteiger partial charge in [0.1, 0.15) is 0 Å². The molecule has 1 aromatic heterocycles. The fraction of sp³-hybridized carbons (Fsp3) is 0.500. The number of amides is 1. The molecular weight excluding hydrogens is 204 g/mol. The summed E-state index contributed by atoms with van der Waals surface area (Å²) >= 11 is 0. The van der Waals surface area contributed by atoms with Crippen LogP contribution in [0.4, 0.5) is 0 Å². The molecule has 0 N–H and O–H groups in total. The highest BCUT2D eigenvalue weighted by atomic mass is 16.1. The van der Waals surface area contributed by atoms with E-state index in [0.717, 1.165) is 38.2 Å². The van der Waals surface area contributed by atoms with Gasteiger partial charge in [-0.15, -0.1) is 0 Å². The lowest BCUT2D eigenvalue weighted by Gasteiger charge is -2.41. The molecule has 0 spiro atoms. The maximum absolute atomic E-state index is 11.7. The summed E-state index contributed by atoms with van der Waals surface area (Å²) in [5.41, 5.74) is 1.18. The average Bonchev–Trinajstić information content (AvgIpc) is 2.30. The van der Waals surface area contributed by atoms with Gasteiger partial charge >= 0.3 is 0 Å². The standard InChI is InChI=1S/C12H14N2O2/c15-8-13-5-9-4-10(7-13)11-2-1-3-12(16)14(11)6-9/h1-3,8-10H,4-7H2/t9-,10+/m1/s1. The number of hydrogen-bond acceptors (Lipinski definition) is 2. The molecule has 0 saturated carbocycles. The Morgan fingerprint density at radius 3 is 2.94 bits per heavy atom. The summed E-state index contributed by atoms with van der Waals surface area (Å²) in [4.78, 5) is 24.4. The van der Waals surface area contributed by atoms with Gasteiger partial charge in [-0.1, -0.05) is 6.07 Å². The van der Waals surface area contributed by atoms with Crippen LogP contribution >= 0.6 is 0 Å². The molecule has 0 aliphatic carbocycles. The lowest BCUT2D eigenvalue weighted by atomic mass is 9.83. The van der Waals surface area contributed by atoms with Crippen LogP contribution in [0.5, 0.6) is 0 Å². The minimum atomic E-state index is 0.0896. The van der Waals surface area contributed by atoms with E-state index in [0.29, 0.717) is 11.8 Å². The van der Waals surface area contributed by atoms with E-state index in [2.05, 4.69) is 0 Å². The number of carbonyl (C=O) groups is 1. The highest BCUT2D eigenvalue weighted by Crippen LogP contribution is 2.34. The third kappa shape index (κ3) is 1.37. The largest absolute Gasteiger partial charge is 0.344 e. The summed E-state index contributed by atoms with van der Waals surface area (Å²) in [7, 11) is 0. The number of hydrogen-bond donors (Lipinski definition) is 0. The van der Waals surface area contributed by atoms with Gasteiger partial charge in [-0.05, 0) is 18.4 Å². The van der Waals surface area contributed by atoms with Gasteiger partial charge in [-0.25, -0.2) is 0 Å². The smallest absolute Gasteiger partial charge is 0.250 e. The minimum absolute atomic E-state index is 0.0896. The zero-order valence-electron chi connectivity index (χ0n) is 9.00. The Kier molecular flexibility index (Phi) is 2.09. The van der Waals surface area contributed by atoms with Gasteiger partial charge in [-0.3, -0.25) is 9.59 Å². The highest BCUT2D eigenvalue weighted by molar-refractivity contribution is 5.47. The molecule has 0 aromatic carbocycles. The summed E-state index contributed by atoms with van der Waals surface area (Å²) in [6, 6.07) is 5.44. The molecule has 16 heavy (non-hydrogen) atoms. The number of aromatic nitrogens is 1. The van der Waals surface area contributed by atoms with Gasteiger partial charge in [0, 0.05) is 37.3 Å². The molecule has 0 unspecified atom stereocenters. The number of likely N-dealkylation sites (tertiary alicyclic amines) is 1. The van der Waals surface area contributed by atoms with E-state index in [1.54, 1.807) is 6.07 Å². The Bertz CT molecular complexity index is 480. The van der Waals surface area contributed by atoms with Crippen LogP contribution in [0, 0.1) is 5.92 Å². The summed E-state index contributed by atoms with van der Waals surface area (Å²) in [5, 5.41) is 0. The monoisotopic (exact) mass is 218 g/mol. The quantitative estimate of drug-likeness (QED) is 0.641. The van der Waals surface area contributed by atoms with Crippen molar-refractivity contribution in [2.45, 2.75) is 18.9 Å². The summed E-state index contributed by atoms with van der Waals surface area (Å²) < 4.78 is 1.88. The first-order valence-corrected chi connectivity index (χ1v) is 5.67. The van der Waals surface area contributed by atoms with Gasteiger partial charge in [0.2, 0.25) is 6.41 Å². The Labute approximate surface area is 93.5 Å². The molecule has 4 nitrogen and oxygen atoms in total. The Hall–Kier alpha value is -1.58. The SMILES string of the molecule is O=CN1C[C@H]2C[C@@H](C1)c1cccc(=O)n1C2. The molecule has 3 heterocycles. The molecule has 3 rings (SSSR count). The van der Waals surface area contributed by atoms with Crippen LogP contribution in [-0.4, -0.2) is 29.0 Å². The maximum atomic E-state index is 11.7. The van der Waals surface area contributed by atoms with Crippen LogP contribution < -0.4 is 5.56 Å². The lowest BCUT2D eigenvalue weighted by Crippen LogP contribution is -2.46. The first kappa shape index (κ1) is 9.63. The molecule has 84 valence electrons. The van der Waals surface area contributed by atoms with Crippen LogP contribution in [0.3, 0.4) is 0 Å². The predicted molar refractivity (Wildman–Crippen MR) is 59.2 cm³/mol. The van der Waals surface area contributed by atoms with Crippen molar-refractivity contribution in [1.29, 1.82) is 0 Å². The van der Waals surface area contributed by atoms with E-state index < -0.39 is 0 Å². The molecule has 1 aromatic rings. The van der Waals surface area contributed by atoms with E-state index >= 15 is 0 Å². The highest BCUT2D eigenvalue weighted by Gasteiger charge is 2.33. The third-order valence-corrected chi connectivity index (χ3v) is 3.66. The van der Waals surface area contributed by atoms with Gasteiger partial charge in [-0.2, -0.15) is 0 Å². The molecule has 1 amide bonds. The van der Waals surface area contributed by atoms with Gasteiger partial charge < -0.3 is 9.47 Å². The van der Waals surface area contributed by atoms with E-state index in [4.69, 9.17) is 0 Å². The number of fused-ring (bicyclic) bond motifs is 4. The lowest BCUT2D eigenvalue weighted by molar-refractivity contribution is -0.120. The second-order valence-electron chi connectivity index (χ2n) is 4.76. The molecule has 2 atom stereocenters. The van der Waals surface area contributed by atoms with Crippen molar-refractivity contribution in [3.05, 3.63) is 34.2 Å². The van der Waals surface area contributed by atoms with Crippen molar-refractivity contribution in [3.8, 4) is 0 Å². The molecule has 2 bridgehead atoms. The first-order valence-electron chi connectivity index (χ1n) is 5.67. The van der Waals surface area contributed by atoms with Gasteiger partial charge in [0.25, 0.3) is 5.56 Å². The fourth-order valence-electron chi connectivity index (χ4n) is 3.02. The zero-order valence-corrected chi connectivity index (χ0v) is 9.00. The number of pyridine rings is 1. The zero-order chi connectivity index (χ0) is 11.1. The molecule has 4 heteroatoms. The van der Waals surface area contributed by atoms with Crippen LogP contribution in [0.1, 0.15) is 18.0 Å².